The van der Waals surface area contributed by atoms with Crippen LogP contribution >= 0.6 is 0 Å². The number of carboxylic acids is 1. The van der Waals surface area contributed by atoms with Crippen molar-refractivity contribution in [3.8, 4) is 0 Å². The van der Waals surface area contributed by atoms with Crippen LogP contribution in [0.5, 0.6) is 0 Å². The Kier molecular flexibility index (Phi) is 3.93. The van der Waals surface area contributed by atoms with E-state index >= 15 is 0 Å². The van der Waals surface area contributed by atoms with Crippen LogP contribution < -0.4 is 5.32 Å². The number of H-pyrrole nitrogens is 1. The number of ether oxygens (including phenoxy) is 1. The molecule has 1 aliphatic rings. The first-order chi connectivity index (χ1) is 8.66. The second-order valence-electron chi connectivity index (χ2n) is 4.18. The number of rotatable bonds is 5. The van der Waals surface area contributed by atoms with E-state index in [0.717, 1.165) is 6.42 Å². The van der Waals surface area contributed by atoms with Crippen LogP contribution in [0.15, 0.2) is 12.5 Å². The average Bonchev–Trinajstić information content (AvgIpc) is 3.00. The summed E-state index contributed by atoms with van der Waals surface area (Å²) in [5.41, 5.74) is 0.662. The molecule has 2 atom stereocenters. The number of imidazole rings is 1. The number of carbonyl (C=O) groups is 2. The van der Waals surface area contributed by atoms with Crippen LogP contribution in [0.2, 0.25) is 0 Å². The zero-order valence-corrected chi connectivity index (χ0v) is 9.76. The lowest BCUT2D eigenvalue weighted by Gasteiger charge is -2.16. The fourth-order valence-corrected chi connectivity index (χ4v) is 1.87. The second-order valence-corrected chi connectivity index (χ2v) is 4.18. The number of aromatic amines is 1. The minimum absolute atomic E-state index is 0.174. The van der Waals surface area contributed by atoms with Crippen molar-refractivity contribution in [2.45, 2.75) is 31.4 Å². The molecule has 0 saturated carbocycles. The summed E-state index contributed by atoms with van der Waals surface area (Å²) in [7, 11) is 0. The number of carbonyl (C=O) groups excluding carboxylic acids is 1. The Hall–Kier alpha value is -1.89. The van der Waals surface area contributed by atoms with Crippen LogP contribution in [-0.2, 0) is 20.7 Å². The molecule has 0 bridgehead atoms. The third-order valence-electron chi connectivity index (χ3n) is 2.82. The number of aliphatic carboxylic acids is 1. The molecule has 1 aliphatic heterocycles. The molecular formula is C11H15N3O4. The number of hydrogen-bond donors (Lipinski definition) is 3. The third-order valence-corrected chi connectivity index (χ3v) is 2.82. The molecule has 1 saturated heterocycles. The van der Waals surface area contributed by atoms with Crippen LogP contribution in [0.25, 0.3) is 0 Å². The molecule has 7 heteroatoms. The highest BCUT2D eigenvalue weighted by atomic mass is 16.5. The SMILES string of the molecule is O=C(O)[C@H](Cc1cnc[nH]1)NC(=O)[C@H]1CCCO1. The smallest absolute Gasteiger partial charge is 0.326 e. The highest BCUT2D eigenvalue weighted by Gasteiger charge is 2.28. The van der Waals surface area contributed by atoms with Gasteiger partial charge in [0.2, 0.25) is 5.91 Å². The van der Waals surface area contributed by atoms with Gasteiger partial charge in [0.05, 0.1) is 6.33 Å². The second kappa shape index (κ2) is 5.63. The van der Waals surface area contributed by atoms with E-state index in [2.05, 4.69) is 15.3 Å². The molecule has 2 heterocycles. The maximum atomic E-state index is 11.8. The predicted molar refractivity (Wildman–Crippen MR) is 60.8 cm³/mol. The lowest BCUT2D eigenvalue weighted by molar-refractivity contribution is -0.143. The predicted octanol–water partition coefficient (Wildman–Crippen LogP) is -0.299. The molecule has 1 fully saturated rings. The molecule has 0 radical (unpaired) electrons. The van der Waals surface area contributed by atoms with Gasteiger partial charge in [-0.2, -0.15) is 0 Å². The van der Waals surface area contributed by atoms with Crippen LogP contribution in [0.3, 0.4) is 0 Å². The van der Waals surface area contributed by atoms with Gasteiger partial charge in [-0.05, 0) is 12.8 Å². The molecule has 2 rings (SSSR count). The van der Waals surface area contributed by atoms with Crippen LogP contribution in [0.1, 0.15) is 18.5 Å². The van der Waals surface area contributed by atoms with Crippen molar-refractivity contribution < 1.29 is 19.4 Å². The Balaban J connectivity index is 1.93. The fourth-order valence-electron chi connectivity index (χ4n) is 1.87. The van der Waals surface area contributed by atoms with Gasteiger partial charge in [0, 0.05) is 24.9 Å². The normalized spacial score (nSPS) is 20.6. The van der Waals surface area contributed by atoms with Gasteiger partial charge < -0.3 is 20.1 Å². The van der Waals surface area contributed by atoms with Crippen molar-refractivity contribution in [3.63, 3.8) is 0 Å². The summed E-state index contributed by atoms with van der Waals surface area (Å²) in [6, 6.07) is -0.970. The van der Waals surface area contributed by atoms with Crippen molar-refractivity contribution >= 4 is 11.9 Å². The summed E-state index contributed by atoms with van der Waals surface area (Å²) in [5, 5.41) is 11.6. The number of amides is 1. The molecule has 1 amide bonds. The molecular weight excluding hydrogens is 238 g/mol. The Morgan fingerprint density at radius 3 is 3.06 bits per heavy atom. The molecule has 0 spiro atoms. The maximum Gasteiger partial charge on any atom is 0.326 e. The van der Waals surface area contributed by atoms with E-state index in [4.69, 9.17) is 9.84 Å². The molecule has 1 aromatic heterocycles. The third kappa shape index (κ3) is 3.07. The van der Waals surface area contributed by atoms with Gasteiger partial charge >= 0.3 is 5.97 Å². The fraction of sp³-hybridized carbons (Fsp3) is 0.545. The van der Waals surface area contributed by atoms with Crippen molar-refractivity contribution in [2.75, 3.05) is 6.61 Å². The Morgan fingerprint density at radius 2 is 2.50 bits per heavy atom. The molecule has 1 aromatic rings. The quantitative estimate of drug-likeness (QED) is 0.668. The summed E-state index contributed by atoms with van der Waals surface area (Å²) in [5.74, 6) is -1.43. The molecule has 18 heavy (non-hydrogen) atoms. The summed E-state index contributed by atoms with van der Waals surface area (Å²) in [6.07, 6.45) is 4.13. The molecule has 0 unspecified atom stereocenters. The Labute approximate surface area is 104 Å². The largest absolute Gasteiger partial charge is 0.480 e. The summed E-state index contributed by atoms with van der Waals surface area (Å²) < 4.78 is 5.21. The van der Waals surface area contributed by atoms with Crippen molar-refractivity contribution in [2.24, 2.45) is 0 Å². The Bertz CT molecular complexity index is 412. The van der Waals surface area contributed by atoms with E-state index in [-0.39, 0.29) is 12.3 Å². The maximum absolute atomic E-state index is 11.8. The first-order valence-electron chi connectivity index (χ1n) is 5.79. The number of nitrogens with one attached hydrogen (secondary N) is 2. The summed E-state index contributed by atoms with van der Waals surface area (Å²) in [4.78, 5) is 29.5. The summed E-state index contributed by atoms with van der Waals surface area (Å²) in [6.45, 7) is 0.552. The lowest BCUT2D eigenvalue weighted by Crippen LogP contribution is -2.46. The highest BCUT2D eigenvalue weighted by molar-refractivity contribution is 5.86. The number of hydrogen-bond acceptors (Lipinski definition) is 4. The molecule has 7 nitrogen and oxygen atoms in total. The van der Waals surface area contributed by atoms with E-state index < -0.39 is 18.1 Å². The molecule has 0 aromatic carbocycles. The van der Waals surface area contributed by atoms with Crippen LogP contribution in [-0.4, -0.2) is 45.7 Å². The van der Waals surface area contributed by atoms with Crippen molar-refractivity contribution in [1.29, 1.82) is 0 Å². The molecule has 98 valence electrons. The van der Waals surface area contributed by atoms with E-state index in [1.165, 1.54) is 12.5 Å². The van der Waals surface area contributed by atoms with Crippen LogP contribution in [0.4, 0.5) is 0 Å². The topological polar surface area (TPSA) is 104 Å². The average molecular weight is 253 g/mol. The zero-order valence-electron chi connectivity index (χ0n) is 9.76. The van der Waals surface area contributed by atoms with Gasteiger partial charge in [-0.1, -0.05) is 0 Å². The van der Waals surface area contributed by atoms with Gasteiger partial charge in [0.15, 0.2) is 0 Å². The van der Waals surface area contributed by atoms with Gasteiger partial charge in [-0.15, -0.1) is 0 Å². The van der Waals surface area contributed by atoms with Crippen molar-refractivity contribution in [1.82, 2.24) is 15.3 Å². The minimum atomic E-state index is -1.07. The van der Waals surface area contributed by atoms with Crippen molar-refractivity contribution in [3.05, 3.63) is 18.2 Å². The monoisotopic (exact) mass is 253 g/mol. The molecule has 3 N–H and O–H groups in total. The van der Waals surface area contributed by atoms with Gasteiger partial charge in [-0.3, -0.25) is 4.79 Å². The molecule has 0 aliphatic carbocycles. The summed E-state index contributed by atoms with van der Waals surface area (Å²) >= 11 is 0. The van der Waals surface area contributed by atoms with Gasteiger partial charge in [0.1, 0.15) is 12.1 Å². The number of nitrogens with zero attached hydrogens (tertiary/aromatic N) is 1. The van der Waals surface area contributed by atoms with Crippen LogP contribution in [0, 0.1) is 0 Å². The van der Waals surface area contributed by atoms with E-state index in [9.17, 15) is 9.59 Å². The first-order valence-corrected chi connectivity index (χ1v) is 5.79. The number of aromatic nitrogens is 2. The standard InChI is InChI=1S/C11H15N3O4/c15-10(9-2-1-3-18-9)14-8(11(16)17)4-7-5-12-6-13-7/h5-6,8-9H,1-4H2,(H,12,13)(H,14,15)(H,16,17)/t8-,9+/m0/s1. The van der Waals surface area contributed by atoms with E-state index in [1.807, 2.05) is 0 Å². The van der Waals surface area contributed by atoms with E-state index in [0.29, 0.717) is 18.7 Å². The highest BCUT2D eigenvalue weighted by Crippen LogP contribution is 2.12. The van der Waals surface area contributed by atoms with Gasteiger partial charge in [-0.25, -0.2) is 9.78 Å². The van der Waals surface area contributed by atoms with E-state index in [1.54, 1.807) is 0 Å². The number of carboxylic acid groups (broad SMARTS) is 1. The first kappa shape index (κ1) is 12.6. The minimum Gasteiger partial charge on any atom is -0.480 e. The zero-order chi connectivity index (χ0) is 13.0. The Morgan fingerprint density at radius 1 is 1.67 bits per heavy atom. The van der Waals surface area contributed by atoms with Gasteiger partial charge in [0.25, 0.3) is 0 Å². The lowest BCUT2D eigenvalue weighted by atomic mass is 10.1.